The van der Waals surface area contributed by atoms with Crippen LogP contribution in [0.2, 0.25) is 0 Å². The zero-order valence-corrected chi connectivity index (χ0v) is 15.7. The minimum atomic E-state index is -4.78. The van der Waals surface area contributed by atoms with Gasteiger partial charge in [-0.25, -0.2) is 9.67 Å². The number of aromatic nitrogens is 3. The van der Waals surface area contributed by atoms with Gasteiger partial charge in [0.15, 0.2) is 10.8 Å². The van der Waals surface area contributed by atoms with E-state index in [1.807, 2.05) is 0 Å². The van der Waals surface area contributed by atoms with Crippen molar-refractivity contribution in [3.05, 3.63) is 66.0 Å². The molecular weight excluding hydrogens is 405 g/mol. The number of para-hydroxylation sites is 2. The van der Waals surface area contributed by atoms with E-state index >= 15 is 0 Å². The van der Waals surface area contributed by atoms with Crippen molar-refractivity contribution in [3.63, 3.8) is 0 Å². The molecule has 4 aromatic rings. The SMILES string of the molecule is COc1cccc2sc(NC(=O)c3cnn(-c4ccccc4)c3C(F)(F)F)nc12. The summed E-state index contributed by atoms with van der Waals surface area (Å²) in [6, 6.07) is 13.1. The fourth-order valence-corrected chi connectivity index (χ4v) is 3.74. The smallest absolute Gasteiger partial charge is 0.434 e. The highest BCUT2D eigenvalue weighted by Gasteiger charge is 2.40. The Morgan fingerprint density at radius 1 is 1.14 bits per heavy atom. The van der Waals surface area contributed by atoms with E-state index < -0.39 is 23.3 Å². The van der Waals surface area contributed by atoms with Crippen molar-refractivity contribution in [2.75, 3.05) is 12.4 Å². The Kier molecular flexibility index (Phi) is 4.71. The summed E-state index contributed by atoms with van der Waals surface area (Å²) < 4.78 is 47.8. The van der Waals surface area contributed by atoms with Gasteiger partial charge in [0.05, 0.1) is 29.3 Å². The molecule has 0 aliphatic rings. The third-order valence-electron chi connectivity index (χ3n) is 4.11. The van der Waals surface area contributed by atoms with Crippen molar-refractivity contribution in [1.82, 2.24) is 14.8 Å². The van der Waals surface area contributed by atoms with E-state index in [4.69, 9.17) is 4.74 Å². The van der Waals surface area contributed by atoms with Gasteiger partial charge in [-0.2, -0.15) is 18.3 Å². The highest BCUT2D eigenvalue weighted by atomic mass is 32.1. The predicted molar refractivity (Wildman–Crippen MR) is 103 cm³/mol. The number of hydrogen-bond donors (Lipinski definition) is 1. The first-order valence-electron chi connectivity index (χ1n) is 8.34. The van der Waals surface area contributed by atoms with Crippen LogP contribution in [0.1, 0.15) is 16.1 Å². The van der Waals surface area contributed by atoms with Crippen molar-refractivity contribution in [1.29, 1.82) is 0 Å². The number of hydrogen-bond acceptors (Lipinski definition) is 5. The minimum Gasteiger partial charge on any atom is -0.494 e. The van der Waals surface area contributed by atoms with Crippen molar-refractivity contribution >= 4 is 32.6 Å². The van der Waals surface area contributed by atoms with Gasteiger partial charge in [-0.1, -0.05) is 35.6 Å². The predicted octanol–water partition coefficient (Wildman–Crippen LogP) is 4.76. The molecule has 0 saturated heterocycles. The van der Waals surface area contributed by atoms with Crippen LogP contribution in [0, 0.1) is 0 Å². The molecule has 6 nitrogen and oxygen atoms in total. The Morgan fingerprint density at radius 2 is 1.90 bits per heavy atom. The first kappa shape index (κ1) is 18.9. The molecule has 148 valence electrons. The average Bonchev–Trinajstić information content (AvgIpc) is 3.32. The Morgan fingerprint density at radius 3 is 2.59 bits per heavy atom. The Balaban J connectivity index is 1.72. The molecule has 4 rings (SSSR count). The van der Waals surface area contributed by atoms with Gasteiger partial charge in [-0.05, 0) is 24.3 Å². The summed E-state index contributed by atoms with van der Waals surface area (Å²) in [7, 11) is 1.49. The molecule has 0 aliphatic heterocycles. The molecule has 0 fully saturated rings. The lowest BCUT2D eigenvalue weighted by molar-refractivity contribution is -0.143. The average molecular weight is 418 g/mol. The van der Waals surface area contributed by atoms with E-state index in [1.165, 1.54) is 19.2 Å². The first-order valence-corrected chi connectivity index (χ1v) is 9.15. The number of benzene rings is 2. The van der Waals surface area contributed by atoms with Crippen LogP contribution >= 0.6 is 11.3 Å². The maximum atomic E-state index is 13.7. The summed E-state index contributed by atoms with van der Waals surface area (Å²) in [6.45, 7) is 0. The summed E-state index contributed by atoms with van der Waals surface area (Å²) in [5.41, 5.74) is -1.03. The second-order valence-electron chi connectivity index (χ2n) is 5.93. The van der Waals surface area contributed by atoms with E-state index in [0.29, 0.717) is 15.9 Å². The van der Waals surface area contributed by atoms with Crippen molar-refractivity contribution in [2.45, 2.75) is 6.18 Å². The zero-order chi connectivity index (χ0) is 20.6. The lowest BCUT2D eigenvalue weighted by Gasteiger charge is -2.12. The number of halogens is 3. The number of nitrogens with zero attached hydrogens (tertiary/aromatic N) is 3. The lowest BCUT2D eigenvalue weighted by Crippen LogP contribution is -2.20. The maximum Gasteiger partial charge on any atom is 0.434 e. The number of alkyl halides is 3. The molecule has 0 bridgehead atoms. The third kappa shape index (κ3) is 3.54. The zero-order valence-electron chi connectivity index (χ0n) is 14.9. The van der Waals surface area contributed by atoms with Crippen LogP contribution in [0.3, 0.4) is 0 Å². The number of fused-ring (bicyclic) bond motifs is 1. The molecule has 2 aromatic carbocycles. The molecule has 0 aliphatic carbocycles. The fourth-order valence-electron chi connectivity index (χ4n) is 2.86. The summed E-state index contributed by atoms with van der Waals surface area (Å²) in [5.74, 6) is -0.440. The van der Waals surface area contributed by atoms with Gasteiger partial charge in [-0.3, -0.25) is 10.1 Å². The quantitative estimate of drug-likeness (QED) is 0.519. The molecule has 29 heavy (non-hydrogen) atoms. The number of ether oxygens (including phenoxy) is 1. The normalized spacial score (nSPS) is 11.6. The Bertz CT molecular complexity index is 1190. The monoisotopic (exact) mass is 418 g/mol. The number of thiazole rings is 1. The Hall–Kier alpha value is -3.40. The molecule has 10 heteroatoms. The first-order chi connectivity index (χ1) is 13.9. The van der Waals surface area contributed by atoms with Gasteiger partial charge in [0, 0.05) is 0 Å². The summed E-state index contributed by atoms with van der Waals surface area (Å²) >= 11 is 1.13. The van der Waals surface area contributed by atoms with E-state index in [9.17, 15) is 18.0 Å². The number of anilines is 1. The van der Waals surface area contributed by atoms with Crippen LogP contribution in [0.25, 0.3) is 15.9 Å². The van der Waals surface area contributed by atoms with E-state index in [-0.39, 0.29) is 10.8 Å². The van der Waals surface area contributed by atoms with Crippen molar-refractivity contribution < 1.29 is 22.7 Å². The largest absolute Gasteiger partial charge is 0.494 e. The lowest BCUT2D eigenvalue weighted by atomic mass is 10.2. The van der Waals surface area contributed by atoms with Crippen LogP contribution in [0.4, 0.5) is 18.3 Å². The fraction of sp³-hybridized carbons (Fsp3) is 0.105. The number of carbonyl (C=O) groups is 1. The molecule has 0 radical (unpaired) electrons. The van der Waals surface area contributed by atoms with Crippen LogP contribution in [0.5, 0.6) is 5.75 Å². The van der Waals surface area contributed by atoms with Crippen molar-refractivity contribution in [3.8, 4) is 11.4 Å². The highest BCUT2D eigenvalue weighted by molar-refractivity contribution is 7.22. The van der Waals surface area contributed by atoms with Gasteiger partial charge in [0.1, 0.15) is 11.3 Å². The second kappa shape index (κ2) is 7.21. The van der Waals surface area contributed by atoms with Crippen LogP contribution in [0.15, 0.2) is 54.7 Å². The second-order valence-corrected chi connectivity index (χ2v) is 6.96. The van der Waals surface area contributed by atoms with E-state index in [1.54, 1.807) is 36.4 Å². The number of carbonyl (C=O) groups excluding carboxylic acids is 1. The van der Waals surface area contributed by atoms with Crippen LogP contribution < -0.4 is 10.1 Å². The van der Waals surface area contributed by atoms with Gasteiger partial charge in [0.2, 0.25) is 0 Å². The van der Waals surface area contributed by atoms with Gasteiger partial charge >= 0.3 is 6.18 Å². The number of rotatable bonds is 4. The minimum absolute atomic E-state index is 0.162. The van der Waals surface area contributed by atoms with Crippen molar-refractivity contribution in [2.24, 2.45) is 0 Å². The highest BCUT2D eigenvalue weighted by Crippen LogP contribution is 2.35. The molecule has 2 heterocycles. The summed E-state index contributed by atoms with van der Waals surface area (Å²) in [4.78, 5) is 16.9. The van der Waals surface area contributed by atoms with E-state index in [0.717, 1.165) is 22.2 Å². The molecule has 0 spiro atoms. The molecular formula is C19H13F3N4O2S. The summed E-state index contributed by atoms with van der Waals surface area (Å²) in [6.07, 6.45) is -3.88. The van der Waals surface area contributed by atoms with Gasteiger partial charge in [0.25, 0.3) is 5.91 Å². The molecule has 0 unspecified atom stereocenters. The maximum absolute atomic E-state index is 13.7. The molecule has 0 atom stereocenters. The van der Waals surface area contributed by atoms with Gasteiger partial charge in [-0.15, -0.1) is 0 Å². The number of nitrogens with one attached hydrogen (secondary N) is 1. The van der Waals surface area contributed by atoms with Crippen LogP contribution in [-0.2, 0) is 6.18 Å². The molecule has 1 N–H and O–H groups in total. The third-order valence-corrected chi connectivity index (χ3v) is 5.04. The molecule has 2 aromatic heterocycles. The summed E-state index contributed by atoms with van der Waals surface area (Å²) in [5, 5.41) is 6.38. The Labute approximate surface area is 166 Å². The molecule has 1 amide bonds. The molecule has 0 saturated carbocycles. The standard InChI is InChI=1S/C19H13F3N4O2S/c1-28-13-8-5-9-14-15(13)24-18(29-14)25-17(27)12-10-23-26(16(12)19(20,21)22)11-6-3-2-4-7-11/h2-10H,1H3,(H,24,25,27). The number of methoxy groups -OCH3 is 1. The van der Waals surface area contributed by atoms with Gasteiger partial charge < -0.3 is 4.74 Å². The van der Waals surface area contributed by atoms with Crippen LogP contribution in [-0.4, -0.2) is 27.8 Å². The topological polar surface area (TPSA) is 69.0 Å². The number of amides is 1. The van der Waals surface area contributed by atoms with E-state index in [2.05, 4.69) is 15.4 Å².